The van der Waals surface area contributed by atoms with Crippen molar-refractivity contribution in [2.45, 2.75) is 38.8 Å². The molecular formula is C15H31N3O. The fourth-order valence-corrected chi connectivity index (χ4v) is 3.28. The molecule has 0 aromatic heterocycles. The van der Waals surface area contributed by atoms with E-state index >= 15 is 0 Å². The Morgan fingerprint density at radius 2 is 2.21 bits per heavy atom. The third-order valence-electron chi connectivity index (χ3n) is 4.06. The largest absolute Gasteiger partial charge is 0.374 e. The second-order valence-electron chi connectivity index (χ2n) is 6.66. The van der Waals surface area contributed by atoms with E-state index in [-0.39, 0.29) is 0 Å². The van der Waals surface area contributed by atoms with Crippen LogP contribution in [0.25, 0.3) is 0 Å². The first-order valence-electron chi connectivity index (χ1n) is 7.89. The van der Waals surface area contributed by atoms with Crippen LogP contribution in [-0.4, -0.2) is 74.9 Å². The van der Waals surface area contributed by atoms with Crippen LogP contribution < -0.4 is 5.32 Å². The second-order valence-corrected chi connectivity index (χ2v) is 6.66. The third kappa shape index (κ3) is 5.38. The Bertz CT molecular complexity index is 254. The molecule has 4 nitrogen and oxygen atoms in total. The van der Waals surface area contributed by atoms with E-state index in [1.165, 1.54) is 25.9 Å². The van der Waals surface area contributed by atoms with Crippen molar-refractivity contribution in [3.63, 3.8) is 0 Å². The highest BCUT2D eigenvalue weighted by molar-refractivity contribution is 4.80. The standard InChI is InChI=1S/C15H31N3O/c1-13(2)9-18-7-8-19-15(12-18)11-17(3)10-14-5-4-6-16-14/h13-16H,4-12H2,1-3H3. The maximum Gasteiger partial charge on any atom is 0.0829 e. The summed E-state index contributed by atoms with van der Waals surface area (Å²) in [6.07, 6.45) is 3.05. The molecule has 2 heterocycles. The van der Waals surface area contributed by atoms with Gasteiger partial charge in [-0.3, -0.25) is 4.90 Å². The van der Waals surface area contributed by atoms with Crippen LogP contribution in [0.5, 0.6) is 0 Å². The van der Waals surface area contributed by atoms with E-state index < -0.39 is 0 Å². The van der Waals surface area contributed by atoms with Crippen LogP contribution in [0.3, 0.4) is 0 Å². The molecule has 2 fully saturated rings. The lowest BCUT2D eigenvalue weighted by molar-refractivity contribution is -0.0437. The summed E-state index contributed by atoms with van der Waals surface area (Å²) in [5, 5.41) is 3.57. The van der Waals surface area contributed by atoms with Crippen molar-refractivity contribution in [3.8, 4) is 0 Å². The van der Waals surface area contributed by atoms with E-state index in [2.05, 4.69) is 36.0 Å². The Balaban J connectivity index is 1.68. The van der Waals surface area contributed by atoms with Crippen LogP contribution in [0.15, 0.2) is 0 Å². The van der Waals surface area contributed by atoms with Gasteiger partial charge in [0, 0.05) is 38.8 Å². The Kier molecular flexibility index (Phi) is 6.07. The van der Waals surface area contributed by atoms with Crippen molar-refractivity contribution < 1.29 is 4.74 Å². The summed E-state index contributed by atoms with van der Waals surface area (Å²) < 4.78 is 5.92. The molecule has 0 spiro atoms. The summed E-state index contributed by atoms with van der Waals surface area (Å²) in [6.45, 7) is 12.3. The van der Waals surface area contributed by atoms with Crippen LogP contribution >= 0.6 is 0 Å². The third-order valence-corrected chi connectivity index (χ3v) is 4.06. The van der Waals surface area contributed by atoms with E-state index in [1.54, 1.807) is 0 Å². The van der Waals surface area contributed by atoms with Crippen LogP contribution in [0.1, 0.15) is 26.7 Å². The highest BCUT2D eigenvalue weighted by atomic mass is 16.5. The Morgan fingerprint density at radius 1 is 1.37 bits per heavy atom. The molecule has 2 unspecified atom stereocenters. The molecule has 0 radical (unpaired) electrons. The molecule has 1 N–H and O–H groups in total. The summed E-state index contributed by atoms with van der Waals surface area (Å²) in [5.74, 6) is 0.749. The summed E-state index contributed by atoms with van der Waals surface area (Å²) in [5.41, 5.74) is 0. The van der Waals surface area contributed by atoms with Gasteiger partial charge in [-0.2, -0.15) is 0 Å². The Morgan fingerprint density at radius 3 is 2.89 bits per heavy atom. The number of hydrogen-bond acceptors (Lipinski definition) is 4. The molecule has 2 atom stereocenters. The highest BCUT2D eigenvalue weighted by Gasteiger charge is 2.23. The van der Waals surface area contributed by atoms with Gasteiger partial charge < -0.3 is 15.0 Å². The zero-order chi connectivity index (χ0) is 13.7. The van der Waals surface area contributed by atoms with E-state index in [0.717, 1.165) is 38.7 Å². The van der Waals surface area contributed by atoms with Gasteiger partial charge >= 0.3 is 0 Å². The monoisotopic (exact) mass is 269 g/mol. The van der Waals surface area contributed by atoms with Gasteiger partial charge in [0.1, 0.15) is 0 Å². The van der Waals surface area contributed by atoms with Gasteiger partial charge in [0.2, 0.25) is 0 Å². The molecular weight excluding hydrogens is 238 g/mol. The van der Waals surface area contributed by atoms with Crippen molar-refractivity contribution in [3.05, 3.63) is 0 Å². The minimum Gasteiger partial charge on any atom is -0.374 e. The molecule has 112 valence electrons. The van der Waals surface area contributed by atoms with Crippen LogP contribution in [-0.2, 0) is 4.74 Å². The summed E-state index contributed by atoms with van der Waals surface area (Å²) in [7, 11) is 2.23. The number of likely N-dealkylation sites (N-methyl/N-ethyl adjacent to an activating group) is 1. The maximum atomic E-state index is 5.92. The highest BCUT2D eigenvalue weighted by Crippen LogP contribution is 2.11. The minimum atomic E-state index is 0.388. The number of rotatable bonds is 6. The van der Waals surface area contributed by atoms with E-state index in [4.69, 9.17) is 4.74 Å². The maximum absolute atomic E-state index is 5.92. The molecule has 2 aliphatic rings. The number of ether oxygens (including phenoxy) is 1. The quantitative estimate of drug-likeness (QED) is 0.779. The van der Waals surface area contributed by atoms with Gasteiger partial charge in [0.15, 0.2) is 0 Å². The molecule has 0 aromatic carbocycles. The number of hydrogen-bond donors (Lipinski definition) is 1. The topological polar surface area (TPSA) is 27.7 Å². The first-order chi connectivity index (χ1) is 9.13. The van der Waals surface area contributed by atoms with Crippen molar-refractivity contribution in [2.24, 2.45) is 5.92 Å². The summed E-state index contributed by atoms with van der Waals surface area (Å²) in [4.78, 5) is 4.99. The Hall–Kier alpha value is -0.160. The molecule has 2 aliphatic heterocycles. The molecule has 2 saturated heterocycles. The normalized spacial score (nSPS) is 29.5. The van der Waals surface area contributed by atoms with Crippen molar-refractivity contribution in [1.82, 2.24) is 15.1 Å². The van der Waals surface area contributed by atoms with Crippen molar-refractivity contribution in [2.75, 3.05) is 52.9 Å². The van der Waals surface area contributed by atoms with Gasteiger partial charge in [-0.1, -0.05) is 13.8 Å². The molecule has 0 aliphatic carbocycles. The van der Waals surface area contributed by atoms with Gasteiger partial charge in [0.05, 0.1) is 12.7 Å². The first-order valence-corrected chi connectivity index (χ1v) is 7.89. The lowest BCUT2D eigenvalue weighted by Crippen LogP contribution is -2.49. The number of morpholine rings is 1. The lowest BCUT2D eigenvalue weighted by Gasteiger charge is -2.36. The SMILES string of the molecule is CC(C)CN1CCOC(CN(C)CC2CCCN2)C1. The molecule has 0 saturated carbocycles. The Labute approximate surface area is 118 Å². The summed E-state index contributed by atoms with van der Waals surface area (Å²) >= 11 is 0. The molecule has 0 bridgehead atoms. The van der Waals surface area contributed by atoms with Crippen LogP contribution in [0.4, 0.5) is 0 Å². The lowest BCUT2D eigenvalue weighted by atomic mass is 10.1. The predicted octanol–water partition coefficient (Wildman–Crippen LogP) is 1.03. The molecule has 2 rings (SSSR count). The predicted molar refractivity (Wildman–Crippen MR) is 79.5 cm³/mol. The van der Waals surface area contributed by atoms with Crippen molar-refractivity contribution >= 4 is 0 Å². The van der Waals surface area contributed by atoms with Gasteiger partial charge in [-0.15, -0.1) is 0 Å². The minimum absolute atomic E-state index is 0.388. The molecule has 0 aromatic rings. The molecule has 0 amide bonds. The fourth-order valence-electron chi connectivity index (χ4n) is 3.28. The zero-order valence-electron chi connectivity index (χ0n) is 12.9. The van der Waals surface area contributed by atoms with Gasteiger partial charge in [-0.25, -0.2) is 0 Å². The number of nitrogens with one attached hydrogen (secondary N) is 1. The summed E-state index contributed by atoms with van der Waals surface area (Å²) in [6, 6.07) is 0.695. The first kappa shape index (κ1) is 15.2. The van der Waals surface area contributed by atoms with Gasteiger partial charge in [0.25, 0.3) is 0 Å². The average molecular weight is 269 g/mol. The molecule has 19 heavy (non-hydrogen) atoms. The van der Waals surface area contributed by atoms with Crippen LogP contribution in [0, 0.1) is 5.92 Å². The fraction of sp³-hybridized carbons (Fsp3) is 1.00. The zero-order valence-corrected chi connectivity index (χ0v) is 12.9. The second kappa shape index (κ2) is 7.58. The smallest absolute Gasteiger partial charge is 0.0829 e. The van der Waals surface area contributed by atoms with Crippen LogP contribution in [0.2, 0.25) is 0 Å². The van der Waals surface area contributed by atoms with Crippen molar-refractivity contribution in [1.29, 1.82) is 0 Å². The average Bonchev–Trinajstić information content (AvgIpc) is 2.81. The van der Waals surface area contributed by atoms with E-state index in [0.29, 0.717) is 12.1 Å². The van der Waals surface area contributed by atoms with E-state index in [9.17, 15) is 0 Å². The number of nitrogens with zero attached hydrogens (tertiary/aromatic N) is 2. The van der Waals surface area contributed by atoms with E-state index in [1.807, 2.05) is 0 Å². The van der Waals surface area contributed by atoms with Gasteiger partial charge in [-0.05, 0) is 32.4 Å². The molecule has 4 heteroatoms.